The van der Waals surface area contributed by atoms with Crippen LogP contribution in [0.1, 0.15) is 16.2 Å². The van der Waals surface area contributed by atoms with Crippen LogP contribution in [0.5, 0.6) is 0 Å². The number of carbonyl (C=O) groups excluding carboxylic acids is 2. The minimum Gasteiger partial charge on any atom is -0.463 e. The van der Waals surface area contributed by atoms with Crippen molar-refractivity contribution in [3.05, 3.63) is 17.6 Å². The third kappa shape index (κ3) is 1.71. The van der Waals surface area contributed by atoms with E-state index >= 15 is 0 Å². The summed E-state index contributed by atoms with van der Waals surface area (Å²) in [6, 6.07) is 0. The lowest BCUT2D eigenvalue weighted by Gasteiger charge is -2.11. The molecule has 0 unspecified atom stereocenters. The highest BCUT2D eigenvalue weighted by Crippen LogP contribution is 2.26. The zero-order valence-electron chi connectivity index (χ0n) is 8.44. The summed E-state index contributed by atoms with van der Waals surface area (Å²) in [7, 11) is 1.24. The van der Waals surface area contributed by atoms with Crippen molar-refractivity contribution in [2.75, 3.05) is 18.6 Å². The van der Waals surface area contributed by atoms with Gasteiger partial charge in [0.1, 0.15) is 5.82 Å². The summed E-state index contributed by atoms with van der Waals surface area (Å²) in [6.07, 6.45) is 2.14. The molecule has 7 heteroatoms. The van der Waals surface area contributed by atoms with E-state index in [9.17, 15) is 9.59 Å². The van der Waals surface area contributed by atoms with E-state index in [1.807, 2.05) is 0 Å². The summed E-state index contributed by atoms with van der Waals surface area (Å²) in [4.78, 5) is 31.4. The van der Waals surface area contributed by atoms with Crippen molar-refractivity contribution in [2.24, 2.45) is 0 Å². The Bertz CT molecular complexity index is 463. The van der Waals surface area contributed by atoms with Crippen LogP contribution in [0.25, 0.3) is 0 Å². The second kappa shape index (κ2) is 4.05. The van der Waals surface area contributed by atoms with E-state index in [0.29, 0.717) is 18.8 Å². The molecule has 0 N–H and O–H groups in total. The SMILES string of the molecule is COC(=O)c1ncc2c(n1)N(C(=O)Cl)CC2. The van der Waals surface area contributed by atoms with E-state index in [4.69, 9.17) is 11.6 Å². The number of amides is 1. The highest BCUT2D eigenvalue weighted by Gasteiger charge is 2.27. The van der Waals surface area contributed by atoms with Crippen LogP contribution in [0.2, 0.25) is 0 Å². The van der Waals surface area contributed by atoms with Gasteiger partial charge in [0, 0.05) is 18.3 Å². The summed E-state index contributed by atoms with van der Waals surface area (Å²) in [5.74, 6) is -0.335. The van der Waals surface area contributed by atoms with Crippen molar-refractivity contribution in [1.29, 1.82) is 0 Å². The van der Waals surface area contributed by atoms with Gasteiger partial charge < -0.3 is 4.74 Å². The molecule has 1 aromatic heterocycles. The summed E-state index contributed by atoms with van der Waals surface area (Å²) >= 11 is 5.39. The highest BCUT2D eigenvalue weighted by atomic mass is 35.5. The number of methoxy groups -OCH3 is 1. The summed E-state index contributed by atoms with van der Waals surface area (Å²) in [5, 5.41) is -0.617. The van der Waals surface area contributed by atoms with Gasteiger partial charge in [-0.1, -0.05) is 0 Å². The largest absolute Gasteiger partial charge is 0.463 e. The minimum atomic E-state index is -0.642. The molecule has 16 heavy (non-hydrogen) atoms. The quantitative estimate of drug-likeness (QED) is 0.416. The van der Waals surface area contributed by atoms with Gasteiger partial charge in [-0.2, -0.15) is 0 Å². The number of ether oxygens (including phenoxy) is 1. The van der Waals surface area contributed by atoms with Gasteiger partial charge in [0.05, 0.1) is 7.11 Å². The van der Waals surface area contributed by atoms with Gasteiger partial charge in [0.15, 0.2) is 0 Å². The fraction of sp³-hybridized carbons (Fsp3) is 0.333. The standard InChI is InChI=1S/C9H8ClN3O3/c1-16-8(14)6-11-4-5-2-3-13(9(10)15)7(5)12-6/h4H,2-3H2,1H3. The Morgan fingerprint density at radius 3 is 2.94 bits per heavy atom. The van der Waals surface area contributed by atoms with Gasteiger partial charge in [-0.15, -0.1) is 0 Å². The predicted octanol–water partition coefficient (Wildman–Crippen LogP) is 0.984. The zero-order chi connectivity index (χ0) is 11.7. The molecule has 2 rings (SSSR count). The first kappa shape index (κ1) is 10.8. The molecule has 1 amide bonds. The number of fused-ring (bicyclic) bond motifs is 1. The normalized spacial score (nSPS) is 13.5. The Hall–Kier alpha value is -1.69. The number of aromatic nitrogens is 2. The molecule has 0 bridgehead atoms. The van der Waals surface area contributed by atoms with Crippen molar-refractivity contribution < 1.29 is 14.3 Å². The second-order valence-corrected chi connectivity index (χ2v) is 3.51. The minimum absolute atomic E-state index is 0.0777. The molecule has 0 radical (unpaired) electrons. The molecule has 0 spiro atoms. The lowest BCUT2D eigenvalue weighted by molar-refractivity contribution is 0.0586. The van der Waals surface area contributed by atoms with Gasteiger partial charge in [0.25, 0.3) is 0 Å². The maximum absolute atomic E-state index is 11.2. The topological polar surface area (TPSA) is 72.4 Å². The Morgan fingerprint density at radius 1 is 1.56 bits per heavy atom. The molecule has 0 saturated carbocycles. The fourth-order valence-electron chi connectivity index (χ4n) is 1.51. The number of carbonyl (C=O) groups is 2. The molecule has 1 aliphatic rings. The van der Waals surface area contributed by atoms with Crippen LogP contribution in [-0.2, 0) is 11.2 Å². The number of anilines is 1. The van der Waals surface area contributed by atoms with Crippen molar-refractivity contribution in [3.8, 4) is 0 Å². The fourth-order valence-corrected chi connectivity index (χ4v) is 1.67. The van der Waals surface area contributed by atoms with E-state index in [-0.39, 0.29) is 5.82 Å². The highest BCUT2D eigenvalue weighted by molar-refractivity contribution is 6.66. The molecular weight excluding hydrogens is 234 g/mol. The maximum Gasteiger partial charge on any atom is 0.376 e. The van der Waals surface area contributed by atoms with Gasteiger partial charge in [-0.25, -0.2) is 14.8 Å². The van der Waals surface area contributed by atoms with Crippen LogP contribution in [0, 0.1) is 0 Å². The number of halogens is 1. The van der Waals surface area contributed by atoms with Crippen LogP contribution < -0.4 is 4.90 Å². The number of hydrogen-bond acceptors (Lipinski definition) is 5. The number of esters is 1. The molecule has 0 fully saturated rings. The molecule has 6 nitrogen and oxygen atoms in total. The first-order valence-electron chi connectivity index (χ1n) is 4.54. The van der Waals surface area contributed by atoms with Crippen molar-refractivity contribution in [2.45, 2.75) is 6.42 Å². The second-order valence-electron chi connectivity index (χ2n) is 3.19. The van der Waals surface area contributed by atoms with Crippen LogP contribution in [0.3, 0.4) is 0 Å². The molecule has 84 valence electrons. The Balaban J connectivity index is 2.41. The van der Waals surface area contributed by atoms with Gasteiger partial charge in [-0.3, -0.25) is 9.69 Å². The maximum atomic E-state index is 11.2. The van der Waals surface area contributed by atoms with E-state index in [1.54, 1.807) is 0 Å². The van der Waals surface area contributed by atoms with Crippen molar-refractivity contribution >= 4 is 28.8 Å². The smallest absolute Gasteiger partial charge is 0.376 e. The third-order valence-electron chi connectivity index (χ3n) is 2.28. The lowest BCUT2D eigenvalue weighted by Crippen LogP contribution is -2.24. The first-order valence-corrected chi connectivity index (χ1v) is 4.92. The molecule has 1 aromatic rings. The molecular formula is C9H8ClN3O3. The average Bonchev–Trinajstić information content (AvgIpc) is 2.70. The molecule has 0 aromatic carbocycles. The average molecular weight is 242 g/mol. The van der Waals surface area contributed by atoms with Crippen molar-refractivity contribution in [3.63, 3.8) is 0 Å². The molecule has 0 saturated heterocycles. The Kier molecular flexibility index (Phi) is 2.74. The van der Waals surface area contributed by atoms with E-state index in [1.165, 1.54) is 18.2 Å². The first-order chi connectivity index (χ1) is 7.63. The van der Waals surface area contributed by atoms with E-state index in [0.717, 1.165) is 5.56 Å². The van der Waals surface area contributed by atoms with Crippen molar-refractivity contribution in [1.82, 2.24) is 9.97 Å². The molecule has 1 aliphatic heterocycles. The summed E-state index contributed by atoms with van der Waals surface area (Å²) in [6.45, 7) is 0.455. The van der Waals surface area contributed by atoms with Crippen LogP contribution in [-0.4, -0.2) is 35.0 Å². The summed E-state index contributed by atoms with van der Waals surface area (Å²) < 4.78 is 4.49. The molecule has 2 heterocycles. The molecule has 0 aliphatic carbocycles. The molecule has 0 atom stereocenters. The van der Waals surface area contributed by atoms with Gasteiger partial charge in [0.2, 0.25) is 5.82 Å². The van der Waals surface area contributed by atoms with Gasteiger partial charge in [-0.05, 0) is 18.0 Å². The summed E-state index contributed by atoms with van der Waals surface area (Å²) in [5.41, 5.74) is 0.793. The number of hydrogen-bond donors (Lipinski definition) is 0. The Labute approximate surface area is 96.2 Å². The number of nitrogens with zero attached hydrogens (tertiary/aromatic N) is 3. The number of rotatable bonds is 1. The van der Waals surface area contributed by atoms with Crippen LogP contribution in [0.4, 0.5) is 10.6 Å². The zero-order valence-corrected chi connectivity index (χ0v) is 9.19. The predicted molar refractivity (Wildman–Crippen MR) is 55.7 cm³/mol. The van der Waals surface area contributed by atoms with E-state index < -0.39 is 11.3 Å². The lowest BCUT2D eigenvalue weighted by atomic mass is 10.3. The van der Waals surface area contributed by atoms with Crippen LogP contribution in [0.15, 0.2) is 6.20 Å². The Morgan fingerprint density at radius 2 is 2.31 bits per heavy atom. The van der Waals surface area contributed by atoms with Crippen LogP contribution >= 0.6 is 11.6 Å². The van der Waals surface area contributed by atoms with Gasteiger partial charge >= 0.3 is 11.3 Å². The monoisotopic (exact) mass is 241 g/mol. The van der Waals surface area contributed by atoms with E-state index in [2.05, 4.69) is 14.7 Å². The third-order valence-corrected chi connectivity index (χ3v) is 2.49.